The van der Waals surface area contributed by atoms with Crippen LogP contribution < -0.4 is 0 Å². The minimum absolute atomic E-state index is 0.0292. The van der Waals surface area contributed by atoms with Crippen LogP contribution in [0, 0.1) is 23.7 Å². The standard InChI is InChI=1S/C22H30O12/c1-2-28-5-6-30-20(25)16-8-18(22(27)34-12-14-10-32-14)17(21(26)33-11-13-9-31-13)7-15(16)19(24)29-4-3-23/h2,13-18,23H,1,3-12H2. The fourth-order valence-corrected chi connectivity index (χ4v) is 3.77. The maximum Gasteiger partial charge on any atom is 0.309 e. The predicted octanol–water partition coefficient (Wildman–Crippen LogP) is -0.632. The van der Waals surface area contributed by atoms with Crippen molar-refractivity contribution in [3.8, 4) is 0 Å². The molecule has 34 heavy (non-hydrogen) atoms. The molecule has 1 N–H and O–H groups in total. The average molecular weight is 486 g/mol. The molecule has 1 saturated carbocycles. The van der Waals surface area contributed by atoms with E-state index >= 15 is 0 Å². The Morgan fingerprint density at radius 3 is 1.53 bits per heavy atom. The third-order valence-electron chi connectivity index (χ3n) is 5.72. The summed E-state index contributed by atoms with van der Waals surface area (Å²) in [5, 5.41) is 9.00. The van der Waals surface area contributed by atoms with Crippen molar-refractivity contribution in [1.82, 2.24) is 0 Å². The molecular weight excluding hydrogens is 456 g/mol. The van der Waals surface area contributed by atoms with Gasteiger partial charge in [0.05, 0.1) is 49.8 Å². The SMILES string of the molecule is C=COCCOC(=O)C1CC(C(=O)OCC2CO2)C(C(=O)OCC2CO2)CC1C(=O)OCCO. The number of rotatable bonds is 14. The minimum atomic E-state index is -1.08. The van der Waals surface area contributed by atoms with Crippen molar-refractivity contribution in [2.24, 2.45) is 23.7 Å². The molecule has 3 fully saturated rings. The van der Waals surface area contributed by atoms with Gasteiger partial charge < -0.3 is 38.3 Å². The van der Waals surface area contributed by atoms with Crippen LogP contribution in [-0.2, 0) is 52.3 Å². The molecule has 6 unspecified atom stereocenters. The number of epoxide rings is 2. The van der Waals surface area contributed by atoms with Crippen molar-refractivity contribution in [3.63, 3.8) is 0 Å². The summed E-state index contributed by atoms with van der Waals surface area (Å²) >= 11 is 0. The zero-order chi connectivity index (χ0) is 24.5. The lowest BCUT2D eigenvalue weighted by Gasteiger charge is -2.36. The van der Waals surface area contributed by atoms with E-state index in [1.165, 1.54) is 6.26 Å². The van der Waals surface area contributed by atoms with Crippen LogP contribution >= 0.6 is 0 Å². The zero-order valence-corrected chi connectivity index (χ0v) is 18.8. The van der Waals surface area contributed by atoms with Gasteiger partial charge in [0.15, 0.2) is 0 Å². The molecule has 0 bridgehead atoms. The van der Waals surface area contributed by atoms with Gasteiger partial charge >= 0.3 is 23.9 Å². The van der Waals surface area contributed by atoms with E-state index in [4.69, 9.17) is 38.3 Å². The quantitative estimate of drug-likeness (QED) is 0.109. The molecule has 2 heterocycles. The summed E-state index contributed by atoms with van der Waals surface area (Å²) in [5.41, 5.74) is 0. The lowest BCUT2D eigenvalue weighted by molar-refractivity contribution is -0.176. The number of aliphatic hydroxyl groups is 1. The Morgan fingerprint density at radius 2 is 1.15 bits per heavy atom. The number of hydrogen-bond donors (Lipinski definition) is 1. The van der Waals surface area contributed by atoms with Gasteiger partial charge in [0.25, 0.3) is 0 Å². The smallest absolute Gasteiger partial charge is 0.309 e. The van der Waals surface area contributed by atoms with Gasteiger partial charge in [0, 0.05) is 0 Å². The summed E-state index contributed by atoms with van der Waals surface area (Å²) in [6, 6.07) is 0. The first-order valence-corrected chi connectivity index (χ1v) is 11.2. The monoisotopic (exact) mass is 486 g/mol. The number of carbonyl (C=O) groups excluding carboxylic acids is 4. The third kappa shape index (κ3) is 7.67. The molecule has 2 saturated heterocycles. The fourth-order valence-electron chi connectivity index (χ4n) is 3.77. The summed E-state index contributed by atoms with van der Waals surface area (Å²) in [6.45, 7) is 3.69. The van der Waals surface area contributed by atoms with E-state index in [1.807, 2.05) is 0 Å². The minimum Gasteiger partial charge on any atom is -0.498 e. The van der Waals surface area contributed by atoms with Crippen molar-refractivity contribution in [2.45, 2.75) is 25.0 Å². The largest absolute Gasteiger partial charge is 0.498 e. The highest BCUT2D eigenvalue weighted by molar-refractivity contribution is 5.87. The lowest BCUT2D eigenvalue weighted by atomic mass is 9.68. The number of carbonyl (C=O) groups is 4. The second-order valence-electron chi connectivity index (χ2n) is 8.16. The maximum absolute atomic E-state index is 12.9. The topological polar surface area (TPSA) is 160 Å². The van der Waals surface area contributed by atoms with Gasteiger partial charge in [-0.25, -0.2) is 0 Å². The van der Waals surface area contributed by atoms with E-state index in [-0.39, 0.29) is 58.1 Å². The second-order valence-corrected chi connectivity index (χ2v) is 8.16. The first-order chi connectivity index (χ1) is 16.4. The molecule has 190 valence electrons. The molecule has 3 aliphatic rings. The van der Waals surface area contributed by atoms with Crippen LogP contribution in [-0.4, -0.2) is 94.0 Å². The van der Waals surface area contributed by atoms with Gasteiger partial charge in [-0.2, -0.15) is 0 Å². The number of hydrogen-bond acceptors (Lipinski definition) is 12. The summed E-state index contributed by atoms with van der Waals surface area (Å²) < 4.78 is 35.8. The van der Waals surface area contributed by atoms with Crippen molar-refractivity contribution in [1.29, 1.82) is 0 Å². The molecule has 12 nitrogen and oxygen atoms in total. The Hall–Kier alpha value is -2.70. The lowest BCUT2D eigenvalue weighted by Crippen LogP contribution is -2.47. The van der Waals surface area contributed by atoms with E-state index in [2.05, 4.69) is 6.58 Å². The molecule has 12 heteroatoms. The highest BCUT2D eigenvalue weighted by atomic mass is 16.6. The van der Waals surface area contributed by atoms with Crippen molar-refractivity contribution in [2.75, 3.05) is 52.9 Å². The van der Waals surface area contributed by atoms with Gasteiger partial charge in [-0.15, -0.1) is 0 Å². The Balaban J connectivity index is 1.74. The van der Waals surface area contributed by atoms with Crippen molar-refractivity contribution in [3.05, 3.63) is 12.8 Å². The molecule has 0 aromatic heterocycles. The number of esters is 4. The van der Waals surface area contributed by atoms with Crippen molar-refractivity contribution < 1.29 is 57.4 Å². The Morgan fingerprint density at radius 1 is 0.735 bits per heavy atom. The Labute approximate surface area is 196 Å². The Bertz CT molecular complexity index is 744. The molecule has 0 amide bonds. The van der Waals surface area contributed by atoms with Gasteiger partial charge in [-0.1, -0.05) is 6.58 Å². The van der Waals surface area contributed by atoms with Crippen LogP contribution in [0.15, 0.2) is 12.8 Å². The summed E-state index contributed by atoms with van der Waals surface area (Å²) in [6.07, 6.45) is 0.469. The van der Waals surface area contributed by atoms with Crippen LogP contribution in [0.5, 0.6) is 0 Å². The summed E-state index contributed by atoms with van der Waals surface area (Å²) in [5.74, 6) is -7.10. The third-order valence-corrected chi connectivity index (χ3v) is 5.72. The molecule has 6 atom stereocenters. The van der Waals surface area contributed by atoms with E-state index in [9.17, 15) is 19.2 Å². The highest BCUT2D eigenvalue weighted by Gasteiger charge is 2.51. The van der Waals surface area contributed by atoms with Gasteiger partial charge in [0.1, 0.15) is 45.2 Å². The highest BCUT2D eigenvalue weighted by Crippen LogP contribution is 2.41. The first-order valence-electron chi connectivity index (χ1n) is 11.2. The fraction of sp³-hybridized carbons (Fsp3) is 0.727. The average Bonchev–Trinajstić information content (AvgIpc) is 3.76. The second kappa shape index (κ2) is 12.7. The summed E-state index contributed by atoms with van der Waals surface area (Å²) in [7, 11) is 0. The van der Waals surface area contributed by atoms with Crippen molar-refractivity contribution >= 4 is 23.9 Å². The molecular formula is C22H30O12. The Kier molecular flexibility index (Phi) is 9.66. The first kappa shape index (κ1) is 25.9. The van der Waals surface area contributed by atoms with E-state index < -0.39 is 54.2 Å². The zero-order valence-electron chi connectivity index (χ0n) is 18.8. The van der Waals surface area contributed by atoms with E-state index in [1.54, 1.807) is 0 Å². The van der Waals surface area contributed by atoms with E-state index in [0.29, 0.717) is 13.2 Å². The van der Waals surface area contributed by atoms with Crippen LogP contribution in [0.25, 0.3) is 0 Å². The summed E-state index contributed by atoms with van der Waals surface area (Å²) in [4.78, 5) is 51.3. The van der Waals surface area contributed by atoms with Crippen LogP contribution in [0.4, 0.5) is 0 Å². The molecule has 3 rings (SSSR count). The van der Waals surface area contributed by atoms with Crippen LogP contribution in [0.3, 0.4) is 0 Å². The van der Waals surface area contributed by atoms with Crippen LogP contribution in [0.2, 0.25) is 0 Å². The van der Waals surface area contributed by atoms with Gasteiger partial charge in [0.2, 0.25) is 0 Å². The molecule has 1 aliphatic carbocycles. The normalized spacial score (nSPS) is 29.3. The molecule has 0 aromatic rings. The van der Waals surface area contributed by atoms with E-state index in [0.717, 1.165) is 0 Å². The van der Waals surface area contributed by atoms with Gasteiger partial charge in [-0.3, -0.25) is 19.2 Å². The van der Waals surface area contributed by atoms with Gasteiger partial charge in [-0.05, 0) is 12.8 Å². The molecule has 0 spiro atoms. The molecule has 0 radical (unpaired) electrons. The maximum atomic E-state index is 12.9. The van der Waals surface area contributed by atoms with Crippen LogP contribution in [0.1, 0.15) is 12.8 Å². The number of ether oxygens (including phenoxy) is 7. The number of aliphatic hydroxyl groups excluding tert-OH is 1. The molecule has 2 aliphatic heterocycles. The predicted molar refractivity (Wildman–Crippen MR) is 110 cm³/mol. The molecule has 0 aromatic carbocycles.